The number of sulfonamides is 1. The lowest BCUT2D eigenvalue weighted by atomic mass is 10.1. The van der Waals surface area contributed by atoms with E-state index in [9.17, 15) is 18.0 Å². The minimum Gasteiger partial charge on any atom is -0.352 e. The second-order valence-electron chi connectivity index (χ2n) is 8.76. The molecule has 0 aliphatic rings. The largest absolute Gasteiger partial charge is 0.352 e. The zero-order valence-corrected chi connectivity index (χ0v) is 22.6. The van der Waals surface area contributed by atoms with Gasteiger partial charge in [0.2, 0.25) is 21.8 Å². The quantitative estimate of drug-likeness (QED) is 0.426. The molecule has 0 aliphatic carbocycles. The van der Waals surface area contributed by atoms with Crippen LogP contribution in [-0.2, 0) is 26.2 Å². The number of amides is 2. The molecule has 1 atom stereocenters. The first kappa shape index (κ1) is 26.8. The van der Waals surface area contributed by atoms with Gasteiger partial charge in [-0.05, 0) is 61.4 Å². The van der Waals surface area contributed by atoms with E-state index in [1.807, 2.05) is 62.4 Å². The number of hydrogen-bond acceptors (Lipinski definition) is 4. The highest BCUT2D eigenvalue weighted by Gasteiger charge is 2.30. The molecule has 7 nitrogen and oxygen atoms in total. The Kier molecular flexibility index (Phi) is 8.69. The Bertz CT molecular complexity index is 1330. The van der Waals surface area contributed by atoms with E-state index >= 15 is 0 Å². The van der Waals surface area contributed by atoms with Crippen molar-refractivity contribution >= 4 is 48.5 Å². The van der Waals surface area contributed by atoms with Gasteiger partial charge in [-0.1, -0.05) is 58.4 Å². The lowest BCUT2D eigenvalue weighted by Crippen LogP contribution is -2.51. The van der Waals surface area contributed by atoms with Crippen molar-refractivity contribution in [1.29, 1.82) is 0 Å². The monoisotopic (exact) mass is 559 g/mol. The van der Waals surface area contributed by atoms with Crippen LogP contribution >= 0.6 is 15.9 Å². The molecule has 0 heterocycles. The zero-order valence-electron chi connectivity index (χ0n) is 20.2. The molecule has 2 amide bonds. The molecule has 0 unspecified atom stereocenters. The zero-order chi connectivity index (χ0) is 25.8. The average molecular weight is 561 g/mol. The number of fused-ring (bicyclic) bond motifs is 1. The normalized spacial score (nSPS) is 12.7. The summed E-state index contributed by atoms with van der Waals surface area (Å²) in [6, 6.07) is 18.9. The summed E-state index contributed by atoms with van der Waals surface area (Å²) in [7, 11) is -2.55. The molecule has 0 saturated heterocycles. The minimum atomic E-state index is -3.93. The van der Waals surface area contributed by atoms with Gasteiger partial charge in [-0.3, -0.25) is 9.59 Å². The molecule has 0 saturated carbocycles. The highest BCUT2D eigenvalue weighted by atomic mass is 79.9. The fraction of sp³-hybridized carbons (Fsp3) is 0.308. The Morgan fingerprint density at radius 3 is 2.29 bits per heavy atom. The second-order valence-corrected chi connectivity index (χ2v) is 11.7. The van der Waals surface area contributed by atoms with Crippen LogP contribution in [0.2, 0.25) is 0 Å². The van der Waals surface area contributed by atoms with Gasteiger partial charge < -0.3 is 10.2 Å². The van der Waals surface area contributed by atoms with E-state index < -0.39 is 28.5 Å². The smallest absolute Gasteiger partial charge is 0.243 e. The van der Waals surface area contributed by atoms with Crippen molar-refractivity contribution in [3.8, 4) is 0 Å². The van der Waals surface area contributed by atoms with Crippen molar-refractivity contribution in [2.75, 3.05) is 13.6 Å². The fourth-order valence-corrected chi connectivity index (χ4v) is 5.30. The maximum Gasteiger partial charge on any atom is 0.243 e. The van der Waals surface area contributed by atoms with Gasteiger partial charge in [0.05, 0.1) is 11.4 Å². The second kappa shape index (κ2) is 11.3. The number of carbonyl (C=O) groups is 2. The van der Waals surface area contributed by atoms with Gasteiger partial charge in [0.15, 0.2) is 0 Å². The lowest BCUT2D eigenvalue weighted by Gasteiger charge is -2.31. The Morgan fingerprint density at radius 2 is 1.63 bits per heavy atom. The number of likely N-dealkylation sites (N-methyl/N-ethyl adjacent to an activating group) is 1. The summed E-state index contributed by atoms with van der Waals surface area (Å²) in [5.41, 5.74) is 0.817. The van der Waals surface area contributed by atoms with Gasteiger partial charge in [0.1, 0.15) is 6.04 Å². The van der Waals surface area contributed by atoms with E-state index in [-0.39, 0.29) is 23.4 Å². The molecular formula is C26H30BrN3O4S. The Hall–Kier alpha value is -2.75. The third-order valence-corrected chi connectivity index (χ3v) is 7.92. The van der Waals surface area contributed by atoms with Crippen LogP contribution in [-0.4, -0.2) is 55.1 Å². The highest BCUT2D eigenvalue weighted by Crippen LogP contribution is 2.22. The molecule has 0 radical (unpaired) electrons. The van der Waals surface area contributed by atoms with Crippen LogP contribution in [0.1, 0.15) is 26.3 Å². The van der Waals surface area contributed by atoms with E-state index in [2.05, 4.69) is 21.2 Å². The van der Waals surface area contributed by atoms with Crippen molar-refractivity contribution in [1.82, 2.24) is 14.5 Å². The van der Waals surface area contributed by atoms with Crippen LogP contribution in [0, 0.1) is 0 Å². The predicted octanol–water partition coefficient (Wildman–Crippen LogP) is 4.16. The van der Waals surface area contributed by atoms with Crippen molar-refractivity contribution in [3.05, 3.63) is 76.8 Å². The van der Waals surface area contributed by atoms with Gasteiger partial charge in [0, 0.05) is 24.1 Å². The van der Waals surface area contributed by atoms with Crippen molar-refractivity contribution in [2.45, 2.75) is 44.3 Å². The predicted molar refractivity (Wildman–Crippen MR) is 141 cm³/mol. The molecule has 0 fully saturated rings. The summed E-state index contributed by atoms with van der Waals surface area (Å²) in [5.74, 6) is -0.772. The van der Waals surface area contributed by atoms with Gasteiger partial charge in [-0.25, -0.2) is 8.42 Å². The topological polar surface area (TPSA) is 86.8 Å². The standard InChI is InChI=1S/C26H30BrN3O4S/c1-18(2)28-26(32)19(3)30(16-20-8-7-11-23(27)14-20)25(31)17-29(4)35(33,34)24-13-12-21-9-5-6-10-22(21)15-24/h5-15,18-19H,16-17H2,1-4H3,(H,28,32)/t19-/m0/s1. The van der Waals surface area contributed by atoms with Gasteiger partial charge >= 0.3 is 0 Å². The minimum absolute atomic E-state index is 0.0938. The average Bonchev–Trinajstić information content (AvgIpc) is 2.81. The molecule has 3 rings (SSSR count). The van der Waals surface area contributed by atoms with Crippen LogP contribution in [0.25, 0.3) is 10.8 Å². The number of carbonyl (C=O) groups excluding carboxylic acids is 2. The number of halogens is 1. The molecule has 0 aromatic heterocycles. The maximum atomic E-state index is 13.4. The highest BCUT2D eigenvalue weighted by molar-refractivity contribution is 9.10. The van der Waals surface area contributed by atoms with Crippen molar-refractivity contribution < 1.29 is 18.0 Å². The molecule has 0 aliphatic heterocycles. The van der Waals surface area contributed by atoms with Crippen LogP contribution in [0.4, 0.5) is 0 Å². The Balaban J connectivity index is 1.85. The third kappa shape index (κ3) is 6.68. The van der Waals surface area contributed by atoms with E-state index in [0.29, 0.717) is 0 Å². The Morgan fingerprint density at radius 1 is 0.943 bits per heavy atom. The molecule has 35 heavy (non-hydrogen) atoms. The van der Waals surface area contributed by atoms with Gasteiger partial charge in [0.25, 0.3) is 0 Å². The Labute approximate surface area is 215 Å². The summed E-state index contributed by atoms with van der Waals surface area (Å²) >= 11 is 3.43. The fourth-order valence-electron chi connectivity index (χ4n) is 3.69. The molecule has 3 aromatic carbocycles. The van der Waals surface area contributed by atoms with Crippen molar-refractivity contribution in [2.24, 2.45) is 0 Å². The number of hydrogen-bond donors (Lipinski definition) is 1. The van der Waals surface area contributed by atoms with Crippen LogP contribution in [0.5, 0.6) is 0 Å². The van der Waals surface area contributed by atoms with Crippen LogP contribution < -0.4 is 5.32 Å². The van der Waals surface area contributed by atoms with E-state index in [1.54, 1.807) is 19.1 Å². The molecular weight excluding hydrogens is 530 g/mol. The summed E-state index contributed by atoms with van der Waals surface area (Å²) in [6.07, 6.45) is 0. The van der Waals surface area contributed by atoms with Crippen molar-refractivity contribution in [3.63, 3.8) is 0 Å². The first-order chi connectivity index (χ1) is 16.5. The van der Waals surface area contributed by atoms with Crippen LogP contribution in [0.15, 0.2) is 76.1 Å². The number of rotatable bonds is 9. The lowest BCUT2D eigenvalue weighted by molar-refractivity contribution is -0.140. The summed E-state index contributed by atoms with van der Waals surface area (Å²) in [5, 5.41) is 4.55. The summed E-state index contributed by atoms with van der Waals surface area (Å²) in [6.45, 7) is 5.09. The third-order valence-electron chi connectivity index (χ3n) is 5.63. The van der Waals surface area contributed by atoms with E-state index in [1.165, 1.54) is 18.0 Å². The molecule has 0 spiro atoms. The molecule has 3 aromatic rings. The van der Waals surface area contributed by atoms with Crippen LogP contribution in [0.3, 0.4) is 0 Å². The number of nitrogens with one attached hydrogen (secondary N) is 1. The summed E-state index contributed by atoms with van der Waals surface area (Å²) in [4.78, 5) is 27.6. The first-order valence-corrected chi connectivity index (χ1v) is 13.5. The van der Waals surface area contributed by atoms with Gasteiger partial charge in [-0.15, -0.1) is 0 Å². The molecule has 186 valence electrons. The molecule has 0 bridgehead atoms. The van der Waals surface area contributed by atoms with E-state index in [0.717, 1.165) is 25.1 Å². The SMILES string of the molecule is CC(C)NC(=O)[C@H](C)N(Cc1cccc(Br)c1)C(=O)CN(C)S(=O)(=O)c1ccc2ccccc2c1. The van der Waals surface area contributed by atoms with E-state index in [4.69, 9.17) is 0 Å². The number of benzene rings is 3. The molecule has 9 heteroatoms. The van der Waals surface area contributed by atoms with Gasteiger partial charge in [-0.2, -0.15) is 4.31 Å². The number of nitrogens with zero attached hydrogens (tertiary/aromatic N) is 2. The maximum absolute atomic E-state index is 13.4. The first-order valence-electron chi connectivity index (χ1n) is 11.3. The molecule has 1 N–H and O–H groups in total. The summed E-state index contributed by atoms with van der Waals surface area (Å²) < 4.78 is 28.4.